The molecule has 0 heterocycles. The molecule has 0 spiro atoms. The van der Waals surface area contributed by atoms with E-state index in [0.29, 0.717) is 38.5 Å². The third kappa shape index (κ3) is 7.66. The second-order valence-corrected chi connectivity index (χ2v) is 5.19. The number of hydrogen-bond donors (Lipinski definition) is 3. The summed E-state index contributed by atoms with van der Waals surface area (Å²) < 4.78 is 5.37. The molecule has 0 rings (SSSR count). The molecule has 0 aromatic rings. The Morgan fingerprint density at radius 3 is 2.47 bits per heavy atom. The Labute approximate surface area is 114 Å². The van der Waals surface area contributed by atoms with E-state index in [0.717, 1.165) is 0 Å². The molecular formula is C13H26N2O4. The number of urea groups is 1. The minimum atomic E-state index is -1.22. The first-order chi connectivity index (χ1) is 8.81. The zero-order valence-corrected chi connectivity index (χ0v) is 12.3. The van der Waals surface area contributed by atoms with E-state index in [2.05, 4.69) is 24.5 Å². The normalized spacial score (nSPS) is 13.9. The molecule has 0 saturated carbocycles. The van der Waals surface area contributed by atoms with Crippen LogP contribution < -0.4 is 10.6 Å². The molecule has 0 fully saturated rings. The second kappa shape index (κ2) is 8.74. The molecule has 0 aromatic carbocycles. The van der Waals surface area contributed by atoms with Gasteiger partial charge in [0.2, 0.25) is 0 Å². The first-order valence-corrected chi connectivity index (χ1v) is 6.69. The van der Waals surface area contributed by atoms with Crippen molar-refractivity contribution >= 4 is 12.0 Å². The van der Waals surface area contributed by atoms with Crippen LogP contribution in [0.4, 0.5) is 4.79 Å². The molecule has 6 heteroatoms. The molecule has 1 atom stereocenters. The lowest BCUT2D eigenvalue weighted by molar-refractivity contribution is -0.143. The van der Waals surface area contributed by atoms with Crippen molar-refractivity contribution in [2.45, 2.75) is 46.1 Å². The Balaban J connectivity index is 3.78. The Bertz CT molecular complexity index is 294. The SMILES string of the molecule is CCC(C)(NC(=O)NCCCOCC(C)C)C(=O)O. The summed E-state index contributed by atoms with van der Waals surface area (Å²) in [4.78, 5) is 22.5. The van der Waals surface area contributed by atoms with Gasteiger partial charge in [0.25, 0.3) is 0 Å². The summed E-state index contributed by atoms with van der Waals surface area (Å²) in [6.45, 7) is 9.10. The third-order valence-electron chi connectivity index (χ3n) is 2.77. The number of carboxylic acids is 1. The van der Waals surface area contributed by atoms with Crippen molar-refractivity contribution in [1.82, 2.24) is 10.6 Å². The van der Waals surface area contributed by atoms with E-state index in [9.17, 15) is 9.59 Å². The molecule has 0 aliphatic carbocycles. The van der Waals surface area contributed by atoms with Gasteiger partial charge in [0.1, 0.15) is 5.54 Å². The largest absolute Gasteiger partial charge is 0.480 e. The Hall–Kier alpha value is -1.30. The average Bonchev–Trinajstić information content (AvgIpc) is 2.32. The first kappa shape index (κ1) is 17.7. The zero-order valence-electron chi connectivity index (χ0n) is 12.3. The number of rotatable bonds is 9. The van der Waals surface area contributed by atoms with Crippen LogP contribution in [0.5, 0.6) is 0 Å². The summed E-state index contributed by atoms with van der Waals surface area (Å²) in [6.07, 6.45) is 1.03. The number of carboxylic acid groups (broad SMARTS) is 1. The molecule has 112 valence electrons. The highest BCUT2D eigenvalue weighted by Gasteiger charge is 2.32. The molecular weight excluding hydrogens is 248 g/mol. The van der Waals surface area contributed by atoms with Crippen LogP contribution >= 0.6 is 0 Å². The van der Waals surface area contributed by atoms with E-state index in [1.54, 1.807) is 6.92 Å². The van der Waals surface area contributed by atoms with Crippen molar-refractivity contribution in [2.24, 2.45) is 5.92 Å². The predicted molar refractivity (Wildman–Crippen MR) is 73.1 cm³/mol. The molecule has 3 N–H and O–H groups in total. The van der Waals surface area contributed by atoms with Crippen LogP contribution in [0.25, 0.3) is 0 Å². The van der Waals surface area contributed by atoms with Gasteiger partial charge >= 0.3 is 12.0 Å². The highest BCUT2D eigenvalue weighted by molar-refractivity contribution is 5.85. The van der Waals surface area contributed by atoms with Crippen molar-refractivity contribution in [3.8, 4) is 0 Å². The van der Waals surface area contributed by atoms with Crippen molar-refractivity contribution in [1.29, 1.82) is 0 Å². The summed E-state index contributed by atoms with van der Waals surface area (Å²) in [7, 11) is 0. The average molecular weight is 274 g/mol. The van der Waals surface area contributed by atoms with Crippen LogP contribution in [0.3, 0.4) is 0 Å². The van der Waals surface area contributed by atoms with Gasteiger partial charge in [-0.15, -0.1) is 0 Å². The standard InChI is InChI=1S/C13H26N2O4/c1-5-13(4,11(16)17)15-12(18)14-7-6-8-19-9-10(2)3/h10H,5-9H2,1-4H3,(H,16,17)(H2,14,15,18). The Kier molecular flexibility index (Phi) is 8.14. The molecule has 0 saturated heterocycles. The predicted octanol–water partition coefficient (Wildman–Crippen LogP) is 1.60. The van der Waals surface area contributed by atoms with Gasteiger partial charge in [0, 0.05) is 19.8 Å². The fraction of sp³-hybridized carbons (Fsp3) is 0.846. The number of aliphatic carboxylic acids is 1. The Morgan fingerprint density at radius 1 is 1.37 bits per heavy atom. The van der Waals surface area contributed by atoms with Crippen molar-refractivity contribution in [3.63, 3.8) is 0 Å². The minimum absolute atomic E-state index is 0.327. The lowest BCUT2D eigenvalue weighted by Gasteiger charge is -2.24. The zero-order chi connectivity index (χ0) is 14.9. The van der Waals surface area contributed by atoms with E-state index in [1.807, 2.05) is 0 Å². The molecule has 0 bridgehead atoms. The molecule has 0 radical (unpaired) electrons. The van der Waals surface area contributed by atoms with E-state index >= 15 is 0 Å². The van der Waals surface area contributed by atoms with Crippen LogP contribution in [0.1, 0.15) is 40.5 Å². The van der Waals surface area contributed by atoms with Gasteiger partial charge in [-0.3, -0.25) is 0 Å². The van der Waals surface area contributed by atoms with Crippen molar-refractivity contribution in [2.75, 3.05) is 19.8 Å². The maximum Gasteiger partial charge on any atom is 0.329 e. The summed E-state index contributed by atoms with van der Waals surface area (Å²) in [5, 5.41) is 14.1. The molecule has 0 aliphatic rings. The number of amides is 2. The third-order valence-corrected chi connectivity index (χ3v) is 2.77. The monoisotopic (exact) mass is 274 g/mol. The van der Waals surface area contributed by atoms with Gasteiger partial charge < -0.3 is 20.5 Å². The van der Waals surface area contributed by atoms with E-state index in [4.69, 9.17) is 9.84 Å². The summed E-state index contributed by atoms with van der Waals surface area (Å²) in [5.74, 6) is -0.539. The van der Waals surface area contributed by atoms with Crippen LogP contribution in [-0.4, -0.2) is 42.4 Å². The van der Waals surface area contributed by atoms with Crippen molar-refractivity contribution in [3.05, 3.63) is 0 Å². The van der Waals surface area contributed by atoms with Crippen LogP contribution in [0.15, 0.2) is 0 Å². The number of ether oxygens (including phenoxy) is 1. The summed E-state index contributed by atoms with van der Waals surface area (Å²) in [5.41, 5.74) is -1.22. The molecule has 0 aliphatic heterocycles. The molecule has 2 amide bonds. The summed E-state index contributed by atoms with van der Waals surface area (Å²) >= 11 is 0. The van der Waals surface area contributed by atoms with Gasteiger partial charge in [0.05, 0.1) is 0 Å². The molecule has 1 unspecified atom stereocenters. The van der Waals surface area contributed by atoms with E-state index in [-0.39, 0.29) is 0 Å². The van der Waals surface area contributed by atoms with E-state index in [1.165, 1.54) is 6.92 Å². The maximum atomic E-state index is 11.5. The molecule has 0 aromatic heterocycles. The number of hydrogen-bond acceptors (Lipinski definition) is 3. The number of nitrogens with one attached hydrogen (secondary N) is 2. The lowest BCUT2D eigenvalue weighted by atomic mass is 10.00. The van der Waals surface area contributed by atoms with Crippen LogP contribution in [-0.2, 0) is 9.53 Å². The smallest absolute Gasteiger partial charge is 0.329 e. The summed E-state index contributed by atoms with van der Waals surface area (Å²) in [6, 6.07) is -0.462. The van der Waals surface area contributed by atoms with Gasteiger partial charge in [-0.05, 0) is 25.7 Å². The fourth-order valence-electron chi connectivity index (χ4n) is 1.28. The quantitative estimate of drug-likeness (QED) is 0.557. The van der Waals surface area contributed by atoms with Gasteiger partial charge in [-0.25, -0.2) is 9.59 Å². The first-order valence-electron chi connectivity index (χ1n) is 6.69. The molecule has 6 nitrogen and oxygen atoms in total. The number of carbonyl (C=O) groups excluding carboxylic acids is 1. The van der Waals surface area contributed by atoms with Gasteiger partial charge in [0.15, 0.2) is 0 Å². The minimum Gasteiger partial charge on any atom is -0.480 e. The maximum absolute atomic E-state index is 11.5. The van der Waals surface area contributed by atoms with Crippen LogP contribution in [0, 0.1) is 5.92 Å². The van der Waals surface area contributed by atoms with Crippen LogP contribution in [0.2, 0.25) is 0 Å². The van der Waals surface area contributed by atoms with E-state index < -0.39 is 17.5 Å². The highest BCUT2D eigenvalue weighted by Crippen LogP contribution is 2.08. The fourth-order valence-corrected chi connectivity index (χ4v) is 1.28. The second-order valence-electron chi connectivity index (χ2n) is 5.19. The van der Waals surface area contributed by atoms with Gasteiger partial charge in [-0.2, -0.15) is 0 Å². The Morgan fingerprint density at radius 2 is 2.00 bits per heavy atom. The van der Waals surface area contributed by atoms with Crippen molar-refractivity contribution < 1.29 is 19.4 Å². The lowest BCUT2D eigenvalue weighted by Crippen LogP contribution is -2.54. The number of carbonyl (C=O) groups is 2. The topological polar surface area (TPSA) is 87.7 Å². The molecule has 19 heavy (non-hydrogen) atoms. The van der Waals surface area contributed by atoms with Gasteiger partial charge in [-0.1, -0.05) is 20.8 Å². The highest BCUT2D eigenvalue weighted by atomic mass is 16.5.